The Morgan fingerprint density at radius 2 is 1.70 bits per heavy atom. The summed E-state index contributed by atoms with van der Waals surface area (Å²) in [6, 6.07) is 9.06. The molecule has 0 aromatic heterocycles. The van der Waals surface area contributed by atoms with Crippen molar-refractivity contribution >= 4 is 11.8 Å². The van der Waals surface area contributed by atoms with Crippen LogP contribution in [0.15, 0.2) is 30.3 Å². The third-order valence-electron chi connectivity index (χ3n) is 3.59. The number of benzene rings is 1. The van der Waals surface area contributed by atoms with Gasteiger partial charge in [-0.05, 0) is 47.2 Å². The predicted molar refractivity (Wildman–Crippen MR) is 88.8 cm³/mol. The van der Waals surface area contributed by atoms with E-state index in [1.54, 1.807) is 39.6 Å². The Bertz CT molecular complexity index is 546. The van der Waals surface area contributed by atoms with E-state index in [0.29, 0.717) is 6.54 Å². The van der Waals surface area contributed by atoms with Crippen molar-refractivity contribution in [3.05, 3.63) is 35.9 Å². The van der Waals surface area contributed by atoms with Gasteiger partial charge in [0.25, 0.3) is 0 Å². The fourth-order valence-electron chi connectivity index (χ4n) is 2.09. The van der Waals surface area contributed by atoms with Crippen LogP contribution < -0.4 is 0 Å². The van der Waals surface area contributed by atoms with E-state index >= 15 is 0 Å². The molecule has 0 saturated heterocycles. The predicted octanol–water partition coefficient (Wildman–Crippen LogP) is 2.17. The van der Waals surface area contributed by atoms with Gasteiger partial charge in [-0.15, -0.1) is 0 Å². The van der Waals surface area contributed by atoms with Crippen LogP contribution in [-0.4, -0.2) is 46.1 Å². The number of aliphatic hydroxyl groups is 1. The monoisotopic (exact) mass is 321 g/mol. The number of ether oxygens (including phenoxy) is 1. The number of carbonyl (C=O) groups is 2. The lowest BCUT2D eigenvalue weighted by Gasteiger charge is -2.31. The molecule has 23 heavy (non-hydrogen) atoms. The first kappa shape index (κ1) is 19.3. The van der Waals surface area contributed by atoms with Crippen LogP contribution >= 0.6 is 0 Å². The molecule has 0 radical (unpaired) electrons. The van der Waals surface area contributed by atoms with E-state index in [-0.39, 0.29) is 0 Å². The maximum absolute atomic E-state index is 12.5. The summed E-state index contributed by atoms with van der Waals surface area (Å²) in [6.07, 6.45) is 0. The second kappa shape index (κ2) is 7.23. The van der Waals surface area contributed by atoms with E-state index in [2.05, 4.69) is 0 Å². The molecule has 0 fully saturated rings. The Morgan fingerprint density at radius 3 is 2.17 bits per heavy atom. The van der Waals surface area contributed by atoms with E-state index < -0.39 is 29.0 Å². The molecule has 0 saturated carbocycles. The van der Waals surface area contributed by atoms with E-state index in [1.165, 1.54) is 6.92 Å². The third-order valence-corrected chi connectivity index (χ3v) is 3.59. The van der Waals surface area contributed by atoms with Gasteiger partial charge < -0.3 is 9.84 Å². The molecular weight excluding hydrogens is 294 g/mol. The zero-order chi connectivity index (χ0) is 17.8. The minimum Gasteiger partial charge on any atom is -0.457 e. The molecule has 1 N–H and O–H groups in total. The number of carbonyl (C=O) groups excluding carboxylic acids is 2. The van der Waals surface area contributed by atoms with Crippen molar-refractivity contribution in [2.45, 2.75) is 58.4 Å². The Hall–Kier alpha value is -1.72. The van der Waals surface area contributed by atoms with E-state index in [4.69, 9.17) is 4.74 Å². The van der Waals surface area contributed by atoms with Crippen LogP contribution in [-0.2, 0) is 20.9 Å². The van der Waals surface area contributed by atoms with Crippen LogP contribution in [0.25, 0.3) is 0 Å². The summed E-state index contributed by atoms with van der Waals surface area (Å²) in [5, 5.41) is 10.3. The Labute approximate surface area is 138 Å². The van der Waals surface area contributed by atoms with Gasteiger partial charge in [0.05, 0.1) is 6.04 Å². The number of rotatable bonds is 6. The highest BCUT2D eigenvalue weighted by Crippen LogP contribution is 2.19. The molecule has 128 valence electrons. The van der Waals surface area contributed by atoms with Gasteiger partial charge in [-0.1, -0.05) is 30.3 Å². The van der Waals surface area contributed by atoms with Gasteiger partial charge in [-0.25, -0.2) is 4.79 Å². The summed E-state index contributed by atoms with van der Waals surface area (Å²) < 4.78 is 5.14. The van der Waals surface area contributed by atoms with Gasteiger partial charge in [0.15, 0.2) is 5.78 Å². The quantitative estimate of drug-likeness (QED) is 0.642. The number of hydrogen-bond acceptors (Lipinski definition) is 5. The lowest BCUT2D eigenvalue weighted by Crippen LogP contribution is -2.54. The molecule has 0 heterocycles. The first-order chi connectivity index (χ1) is 10.4. The number of ketones is 1. The SMILES string of the molecule is C[C@@H](C(=O)[C@](C)(O)C(=O)OC(C)(C)C)N(C)Cc1ccccc1. The van der Waals surface area contributed by atoms with Crippen molar-refractivity contribution in [2.24, 2.45) is 0 Å². The lowest BCUT2D eigenvalue weighted by molar-refractivity contribution is -0.179. The van der Waals surface area contributed by atoms with Gasteiger partial charge >= 0.3 is 5.97 Å². The van der Waals surface area contributed by atoms with Gasteiger partial charge in [0.2, 0.25) is 5.60 Å². The Kier molecular flexibility index (Phi) is 6.08. The molecule has 2 atom stereocenters. The van der Waals surface area contributed by atoms with Gasteiger partial charge in [-0.3, -0.25) is 9.69 Å². The smallest absolute Gasteiger partial charge is 0.346 e. The number of Topliss-reactive ketones (excluding diaryl/α,β-unsaturated/α-hetero) is 1. The normalized spacial score (nSPS) is 15.8. The van der Waals surface area contributed by atoms with E-state index in [1.807, 2.05) is 30.3 Å². The maximum atomic E-state index is 12.5. The molecule has 5 heteroatoms. The maximum Gasteiger partial charge on any atom is 0.346 e. The highest BCUT2D eigenvalue weighted by atomic mass is 16.6. The molecule has 1 aromatic rings. The molecule has 5 nitrogen and oxygen atoms in total. The zero-order valence-corrected chi connectivity index (χ0v) is 14.8. The Morgan fingerprint density at radius 1 is 1.17 bits per heavy atom. The van der Waals surface area contributed by atoms with Crippen LogP contribution in [0.4, 0.5) is 0 Å². The topological polar surface area (TPSA) is 66.8 Å². The van der Waals surface area contributed by atoms with Crippen molar-refractivity contribution in [1.82, 2.24) is 4.90 Å². The summed E-state index contributed by atoms with van der Waals surface area (Å²) in [6.45, 7) is 8.47. The van der Waals surface area contributed by atoms with Crippen molar-refractivity contribution in [3.63, 3.8) is 0 Å². The molecule has 0 aliphatic rings. The second-order valence-corrected chi connectivity index (χ2v) is 7.02. The van der Waals surface area contributed by atoms with Crippen molar-refractivity contribution in [3.8, 4) is 0 Å². The van der Waals surface area contributed by atoms with E-state index in [9.17, 15) is 14.7 Å². The molecule has 0 amide bonds. The molecule has 0 unspecified atom stereocenters. The van der Waals surface area contributed by atoms with Crippen molar-refractivity contribution in [1.29, 1.82) is 0 Å². The summed E-state index contributed by atoms with van der Waals surface area (Å²) in [4.78, 5) is 26.4. The van der Waals surface area contributed by atoms with Crippen LogP contribution in [0.1, 0.15) is 40.2 Å². The zero-order valence-electron chi connectivity index (χ0n) is 14.8. The summed E-state index contributed by atoms with van der Waals surface area (Å²) in [5.74, 6) is -1.50. The van der Waals surface area contributed by atoms with Crippen LogP contribution in [0, 0.1) is 0 Å². The molecule has 0 aliphatic heterocycles. The average molecular weight is 321 g/mol. The average Bonchev–Trinajstić information content (AvgIpc) is 2.44. The van der Waals surface area contributed by atoms with Gasteiger partial charge in [0, 0.05) is 6.54 Å². The number of esters is 1. The number of likely N-dealkylation sites (N-methyl/N-ethyl adjacent to an activating group) is 1. The minimum absolute atomic E-state index is 0.540. The highest BCUT2D eigenvalue weighted by Gasteiger charge is 2.45. The third kappa shape index (κ3) is 5.44. The molecule has 1 aromatic carbocycles. The largest absolute Gasteiger partial charge is 0.457 e. The molecular formula is C18H27NO4. The standard InChI is InChI=1S/C18H27NO4/c1-13(19(6)12-14-10-8-7-9-11-14)15(20)18(5,22)16(21)23-17(2,3)4/h7-11,13,22H,12H2,1-6H3/t13-,18-/m0/s1. The number of hydrogen-bond donors (Lipinski definition) is 1. The molecule has 0 spiro atoms. The Balaban J connectivity index is 2.79. The van der Waals surface area contributed by atoms with Crippen molar-refractivity contribution < 1.29 is 19.4 Å². The minimum atomic E-state index is -2.17. The first-order valence-corrected chi connectivity index (χ1v) is 7.69. The van der Waals surface area contributed by atoms with Gasteiger partial charge in [0.1, 0.15) is 5.60 Å². The lowest BCUT2D eigenvalue weighted by atomic mass is 9.94. The summed E-state index contributed by atoms with van der Waals surface area (Å²) in [7, 11) is 1.78. The molecule has 1 rings (SSSR count). The highest BCUT2D eigenvalue weighted by molar-refractivity contribution is 6.08. The van der Waals surface area contributed by atoms with Crippen LogP contribution in [0.3, 0.4) is 0 Å². The van der Waals surface area contributed by atoms with Crippen LogP contribution in [0.2, 0.25) is 0 Å². The van der Waals surface area contributed by atoms with Crippen molar-refractivity contribution in [2.75, 3.05) is 7.05 Å². The number of nitrogens with zero attached hydrogens (tertiary/aromatic N) is 1. The second-order valence-electron chi connectivity index (χ2n) is 7.02. The summed E-state index contributed by atoms with van der Waals surface area (Å²) in [5.41, 5.74) is -1.88. The summed E-state index contributed by atoms with van der Waals surface area (Å²) >= 11 is 0. The molecule has 0 bridgehead atoms. The van der Waals surface area contributed by atoms with E-state index in [0.717, 1.165) is 5.56 Å². The molecule has 0 aliphatic carbocycles. The van der Waals surface area contributed by atoms with Crippen LogP contribution in [0.5, 0.6) is 0 Å². The van der Waals surface area contributed by atoms with Gasteiger partial charge in [-0.2, -0.15) is 0 Å². The first-order valence-electron chi connectivity index (χ1n) is 7.69. The fourth-order valence-corrected chi connectivity index (χ4v) is 2.09. The fraction of sp³-hybridized carbons (Fsp3) is 0.556.